The molecule has 0 spiro atoms. The van der Waals surface area contributed by atoms with Crippen LogP contribution in [0, 0.1) is 5.41 Å². The van der Waals surface area contributed by atoms with Crippen molar-refractivity contribution in [1.82, 2.24) is 0 Å². The van der Waals surface area contributed by atoms with E-state index >= 15 is 0 Å². The van der Waals surface area contributed by atoms with Crippen LogP contribution in [0.15, 0.2) is 64.0 Å². The van der Waals surface area contributed by atoms with Gasteiger partial charge in [-0.25, -0.2) is 0 Å². The van der Waals surface area contributed by atoms with Gasteiger partial charge in [-0.05, 0) is 36.4 Å². The predicted octanol–water partition coefficient (Wildman–Crippen LogP) is 4.48. The van der Waals surface area contributed by atoms with Crippen LogP contribution >= 0.6 is 23.4 Å². The van der Waals surface area contributed by atoms with Crippen LogP contribution in [0.4, 0.5) is 11.4 Å². The Morgan fingerprint density at radius 2 is 1.87 bits per heavy atom. The highest BCUT2D eigenvalue weighted by Gasteiger charge is 2.35. The van der Waals surface area contributed by atoms with E-state index in [1.807, 2.05) is 24.3 Å². The lowest BCUT2D eigenvalue weighted by Gasteiger charge is -2.16. The molecule has 1 saturated heterocycles. The van der Waals surface area contributed by atoms with E-state index in [9.17, 15) is 4.79 Å². The summed E-state index contributed by atoms with van der Waals surface area (Å²) >= 11 is 7.46. The zero-order valence-corrected chi connectivity index (χ0v) is 13.5. The van der Waals surface area contributed by atoms with Crippen molar-refractivity contribution in [2.24, 2.45) is 0 Å². The molecule has 23 heavy (non-hydrogen) atoms. The average molecular weight is 342 g/mol. The van der Waals surface area contributed by atoms with E-state index in [-0.39, 0.29) is 18.2 Å². The number of fused-ring (bicyclic) bond motifs is 1. The smallest absolute Gasteiger partial charge is 0.237 e. The normalized spacial score (nSPS) is 20.0. The third-order valence-electron chi connectivity index (χ3n) is 3.79. The zero-order valence-electron chi connectivity index (χ0n) is 12.0. The molecule has 1 amide bonds. The van der Waals surface area contributed by atoms with Gasteiger partial charge in [0, 0.05) is 15.5 Å². The summed E-state index contributed by atoms with van der Waals surface area (Å²) in [5.74, 6) is 0.123. The van der Waals surface area contributed by atoms with Crippen LogP contribution in [-0.4, -0.2) is 11.7 Å². The molecule has 6 heteroatoms. The number of halogens is 1. The van der Waals surface area contributed by atoms with Gasteiger partial charge < -0.3 is 5.32 Å². The minimum atomic E-state index is -0.0989. The first kappa shape index (κ1) is 14.4. The minimum absolute atomic E-state index is 0.0989. The Balaban J connectivity index is 1.69. The van der Waals surface area contributed by atoms with Crippen LogP contribution in [0.2, 0.25) is 5.02 Å². The quantitative estimate of drug-likeness (QED) is 0.803. The highest BCUT2D eigenvalue weighted by molar-refractivity contribution is 8.03. The molecule has 2 aromatic rings. The van der Waals surface area contributed by atoms with E-state index in [4.69, 9.17) is 17.0 Å². The lowest BCUT2D eigenvalue weighted by molar-refractivity contribution is -0.116. The van der Waals surface area contributed by atoms with Gasteiger partial charge in [-0.2, -0.15) is 0 Å². The molecule has 2 aliphatic rings. The van der Waals surface area contributed by atoms with Gasteiger partial charge in [0.2, 0.25) is 5.91 Å². The van der Waals surface area contributed by atoms with Crippen LogP contribution in [0.25, 0.3) is 0 Å². The lowest BCUT2D eigenvalue weighted by Crippen LogP contribution is -2.28. The summed E-state index contributed by atoms with van der Waals surface area (Å²) in [4.78, 5) is 14.9. The molecule has 0 unspecified atom stereocenters. The second-order valence-electron chi connectivity index (χ2n) is 5.26. The van der Waals surface area contributed by atoms with Gasteiger partial charge in [-0.15, -0.1) is 0 Å². The Morgan fingerprint density at radius 1 is 1.13 bits per heavy atom. The molecule has 114 valence electrons. The van der Waals surface area contributed by atoms with Crippen molar-refractivity contribution in [2.75, 3.05) is 10.2 Å². The Hall–Kier alpha value is -2.24. The van der Waals surface area contributed by atoms with Crippen molar-refractivity contribution in [2.45, 2.75) is 11.3 Å². The third kappa shape index (κ3) is 2.42. The number of rotatable bonds is 1. The van der Waals surface area contributed by atoms with E-state index in [0.29, 0.717) is 10.7 Å². The summed E-state index contributed by atoms with van der Waals surface area (Å²) in [5, 5.41) is 13.2. The number of nitrogens with one attached hydrogen (secondary N) is 2. The number of carbonyl (C=O) groups is 1. The standard InChI is InChI=1S/C17H12ClN3OS/c18-10-5-7-11(8-6-10)21-15(22)9-12(16(21)19)17-20-13-3-1-2-4-14(13)23-17/h1-8,19-20H,9H2/b17-12-,19-16?. The van der Waals surface area contributed by atoms with Crippen molar-refractivity contribution in [1.29, 1.82) is 5.41 Å². The average Bonchev–Trinajstić information content (AvgIpc) is 3.09. The van der Waals surface area contributed by atoms with Crippen LogP contribution in [0.1, 0.15) is 6.42 Å². The summed E-state index contributed by atoms with van der Waals surface area (Å²) in [6, 6.07) is 14.9. The molecule has 2 heterocycles. The number of anilines is 2. The SMILES string of the molecule is N=C1/C(=C2/Nc3ccccc3S2)CC(=O)N1c1ccc(Cl)cc1. The largest absolute Gasteiger partial charge is 0.349 e. The van der Waals surface area contributed by atoms with Gasteiger partial charge in [0.25, 0.3) is 0 Å². The van der Waals surface area contributed by atoms with Crippen molar-refractivity contribution >= 4 is 46.5 Å². The van der Waals surface area contributed by atoms with E-state index in [1.54, 1.807) is 36.0 Å². The second-order valence-corrected chi connectivity index (χ2v) is 6.75. The number of nitrogens with zero attached hydrogens (tertiary/aromatic N) is 1. The molecule has 4 nitrogen and oxygen atoms in total. The van der Waals surface area contributed by atoms with E-state index in [2.05, 4.69) is 5.32 Å². The van der Waals surface area contributed by atoms with E-state index < -0.39 is 0 Å². The maximum Gasteiger partial charge on any atom is 0.237 e. The van der Waals surface area contributed by atoms with Crippen LogP contribution in [0.5, 0.6) is 0 Å². The third-order valence-corrected chi connectivity index (χ3v) is 5.17. The number of amidine groups is 1. The second kappa shape index (κ2) is 5.44. The number of carbonyl (C=O) groups excluding carboxylic acids is 1. The van der Waals surface area contributed by atoms with Crippen molar-refractivity contribution in [3.63, 3.8) is 0 Å². The first-order valence-corrected chi connectivity index (χ1v) is 8.27. The van der Waals surface area contributed by atoms with Gasteiger partial charge in [-0.1, -0.05) is 35.5 Å². The first-order valence-electron chi connectivity index (χ1n) is 7.08. The molecule has 0 aliphatic carbocycles. The molecule has 2 N–H and O–H groups in total. The molecule has 4 rings (SSSR count). The molecule has 1 fully saturated rings. The number of hydrogen-bond donors (Lipinski definition) is 2. The first-order chi connectivity index (χ1) is 11.1. The van der Waals surface area contributed by atoms with Crippen molar-refractivity contribution in [3.05, 3.63) is 64.2 Å². The number of amides is 1. The Labute approximate surface area is 142 Å². The van der Waals surface area contributed by atoms with Gasteiger partial charge in [0.15, 0.2) is 0 Å². The minimum Gasteiger partial charge on any atom is -0.349 e. The van der Waals surface area contributed by atoms with Crippen LogP contribution in [-0.2, 0) is 4.79 Å². The van der Waals surface area contributed by atoms with Gasteiger partial charge in [-0.3, -0.25) is 15.1 Å². The lowest BCUT2D eigenvalue weighted by atomic mass is 10.2. The maximum atomic E-state index is 12.4. The maximum absolute atomic E-state index is 12.4. The summed E-state index contributed by atoms with van der Waals surface area (Å²) in [5.41, 5.74) is 2.41. The topological polar surface area (TPSA) is 56.2 Å². The van der Waals surface area contributed by atoms with Gasteiger partial charge in [0.05, 0.1) is 22.8 Å². The van der Waals surface area contributed by atoms with E-state index in [1.165, 1.54) is 4.90 Å². The summed E-state index contributed by atoms with van der Waals surface area (Å²) in [7, 11) is 0. The highest BCUT2D eigenvalue weighted by Crippen LogP contribution is 2.44. The Kier molecular flexibility index (Phi) is 3.39. The molecular weight excluding hydrogens is 330 g/mol. The van der Waals surface area contributed by atoms with Gasteiger partial charge in [0.1, 0.15) is 5.84 Å². The number of thioether (sulfide) groups is 1. The van der Waals surface area contributed by atoms with Crippen molar-refractivity contribution in [3.8, 4) is 0 Å². The fraction of sp³-hybridized carbons (Fsp3) is 0.0588. The fourth-order valence-corrected chi connectivity index (χ4v) is 3.85. The zero-order chi connectivity index (χ0) is 16.0. The molecular formula is C17H12ClN3OS. The molecule has 0 radical (unpaired) electrons. The molecule has 2 aliphatic heterocycles. The predicted molar refractivity (Wildman–Crippen MR) is 94.2 cm³/mol. The van der Waals surface area contributed by atoms with Crippen LogP contribution < -0.4 is 10.2 Å². The number of benzene rings is 2. The van der Waals surface area contributed by atoms with Gasteiger partial charge >= 0.3 is 0 Å². The van der Waals surface area contributed by atoms with Crippen LogP contribution in [0.3, 0.4) is 0 Å². The molecule has 0 bridgehead atoms. The van der Waals surface area contributed by atoms with Crippen molar-refractivity contribution < 1.29 is 4.79 Å². The highest BCUT2D eigenvalue weighted by atomic mass is 35.5. The molecule has 2 aromatic carbocycles. The molecule has 0 atom stereocenters. The molecule has 0 aromatic heterocycles. The fourth-order valence-electron chi connectivity index (χ4n) is 2.68. The number of para-hydroxylation sites is 1. The summed E-state index contributed by atoms with van der Waals surface area (Å²) in [6.45, 7) is 0. The van der Waals surface area contributed by atoms with E-state index in [0.717, 1.165) is 21.2 Å². The monoisotopic (exact) mass is 341 g/mol. The molecule has 0 saturated carbocycles. The Bertz CT molecular complexity index is 833. The summed E-state index contributed by atoms with van der Waals surface area (Å²) in [6.07, 6.45) is 0.227. The Morgan fingerprint density at radius 3 is 2.61 bits per heavy atom. The summed E-state index contributed by atoms with van der Waals surface area (Å²) < 4.78 is 0. The number of hydrogen-bond acceptors (Lipinski definition) is 4.